The summed E-state index contributed by atoms with van der Waals surface area (Å²) < 4.78 is 0. The molecule has 46 valence electrons. The maximum atomic E-state index is 4.12. The molecule has 0 bridgehead atoms. The van der Waals surface area contributed by atoms with Crippen LogP contribution in [0.1, 0.15) is 13.8 Å². The van der Waals surface area contributed by atoms with E-state index in [1.54, 1.807) is 0 Å². The van der Waals surface area contributed by atoms with Gasteiger partial charge < -0.3 is 0 Å². The highest BCUT2D eigenvalue weighted by Crippen LogP contribution is 2.16. The van der Waals surface area contributed by atoms with Gasteiger partial charge >= 0.3 is 0 Å². The average molecular weight is 146 g/mol. The highest BCUT2D eigenvalue weighted by atomic mass is 32.1. The molecule has 0 aliphatic rings. The van der Waals surface area contributed by atoms with Crippen LogP contribution in [0.25, 0.3) is 0 Å². The Morgan fingerprint density at radius 1 is 1.00 bits per heavy atom. The summed E-state index contributed by atoms with van der Waals surface area (Å²) in [5.41, 5.74) is 0. The average Bonchev–Trinajstić information content (AvgIpc) is 1.84. The fourth-order valence-electron chi connectivity index (χ4n) is 0.296. The third-order valence-electron chi connectivity index (χ3n) is 0.809. The summed E-state index contributed by atoms with van der Waals surface area (Å²) >= 11 is 8.24. The van der Waals surface area contributed by atoms with Crippen molar-refractivity contribution < 1.29 is 0 Å². The lowest BCUT2D eigenvalue weighted by molar-refractivity contribution is 1.64. The zero-order valence-electron chi connectivity index (χ0n) is 5.05. The first kappa shape index (κ1) is 8.18. The lowest BCUT2D eigenvalue weighted by Gasteiger charge is -1.93. The Labute approximate surface area is 61.5 Å². The lowest BCUT2D eigenvalue weighted by Crippen LogP contribution is -1.67. The Hall–Kier alpha value is 0.180. The number of hydrogen-bond acceptors (Lipinski definition) is 2. The maximum Gasteiger partial charge on any atom is 0.0128 e. The van der Waals surface area contributed by atoms with Crippen LogP contribution in [0.3, 0.4) is 0 Å². The molecule has 0 fully saturated rings. The van der Waals surface area contributed by atoms with Crippen LogP contribution < -0.4 is 0 Å². The highest BCUT2D eigenvalue weighted by Gasteiger charge is 1.87. The summed E-state index contributed by atoms with van der Waals surface area (Å²) in [4.78, 5) is 1.85. The van der Waals surface area contributed by atoms with E-state index in [1.807, 2.05) is 26.0 Å². The molecule has 0 radical (unpaired) electrons. The number of hydrogen-bond donors (Lipinski definition) is 2. The largest absolute Gasteiger partial charge is 0.143 e. The van der Waals surface area contributed by atoms with Gasteiger partial charge in [0, 0.05) is 9.81 Å². The summed E-state index contributed by atoms with van der Waals surface area (Å²) in [5, 5.41) is 0. The van der Waals surface area contributed by atoms with Crippen molar-refractivity contribution in [2.45, 2.75) is 13.8 Å². The first-order valence-electron chi connectivity index (χ1n) is 2.43. The molecule has 0 unspecified atom stereocenters. The molecule has 0 heterocycles. The minimum Gasteiger partial charge on any atom is -0.143 e. The molecular weight excluding hydrogens is 136 g/mol. The molecule has 0 aromatic heterocycles. The van der Waals surface area contributed by atoms with E-state index in [0.717, 1.165) is 9.81 Å². The van der Waals surface area contributed by atoms with Gasteiger partial charge in [0.15, 0.2) is 0 Å². The zero-order chi connectivity index (χ0) is 6.57. The quantitative estimate of drug-likeness (QED) is 0.412. The minimum absolute atomic E-state index is 0.927. The van der Waals surface area contributed by atoms with Gasteiger partial charge in [0.25, 0.3) is 0 Å². The molecule has 0 amide bonds. The van der Waals surface area contributed by atoms with Gasteiger partial charge in [-0.1, -0.05) is 12.2 Å². The first-order chi connectivity index (χ1) is 3.72. The van der Waals surface area contributed by atoms with Gasteiger partial charge in [-0.15, -0.1) is 25.3 Å². The van der Waals surface area contributed by atoms with Gasteiger partial charge in [-0.2, -0.15) is 0 Å². The Balaban J connectivity index is 4.04. The molecule has 0 N–H and O–H groups in total. The van der Waals surface area contributed by atoms with E-state index in [4.69, 9.17) is 0 Å². The summed E-state index contributed by atoms with van der Waals surface area (Å²) in [6, 6.07) is 0. The van der Waals surface area contributed by atoms with E-state index < -0.39 is 0 Å². The second-order valence-corrected chi connectivity index (χ2v) is 2.31. The molecule has 0 aliphatic heterocycles. The predicted molar refractivity (Wildman–Crippen MR) is 45.5 cm³/mol. The van der Waals surface area contributed by atoms with Gasteiger partial charge in [0.2, 0.25) is 0 Å². The third-order valence-corrected chi connectivity index (χ3v) is 1.98. The molecule has 0 rings (SSSR count). The lowest BCUT2D eigenvalue weighted by atomic mass is 10.4. The topological polar surface area (TPSA) is 0 Å². The highest BCUT2D eigenvalue weighted by molar-refractivity contribution is 7.90. The molecule has 0 aromatic rings. The fourth-order valence-corrected chi connectivity index (χ4v) is 0.554. The van der Waals surface area contributed by atoms with Crippen LogP contribution in [-0.2, 0) is 0 Å². The van der Waals surface area contributed by atoms with E-state index in [0.29, 0.717) is 0 Å². The molecule has 0 saturated heterocycles. The summed E-state index contributed by atoms with van der Waals surface area (Å²) in [5.74, 6) is 0. The molecule has 0 spiro atoms. The number of allylic oxidation sites excluding steroid dienone is 2. The van der Waals surface area contributed by atoms with Crippen molar-refractivity contribution in [3.05, 3.63) is 22.0 Å². The van der Waals surface area contributed by atoms with E-state index in [9.17, 15) is 0 Å². The third kappa shape index (κ3) is 2.48. The Kier molecular flexibility index (Phi) is 4.19. The Bertz CT molecular complexity index is 106. The predicted octanol–water partition coefficient (Wildman–Crippen LogP) is 2.65. The second kappa shape index (κ2) is 4.10. The first-order valence-corrected chi connectivity index (χ1v) is 3.32. The zero-order valence-corrected chi connectivity index (χ0v) is 6.84. The molecule has 8 heavy (non-hydrogen) atoms. The van der Waals surface area contributed by atoms with Gasteiger partial charge in [0.05, 0.1) is 0 Å². The fraction of sp³-hybridized carbons (Fsp3) is 0.333. The normalized spacial score (nSPS) is 14.5. The summed E-state index contributed by atoms with van der Waals surface area (Å²) in [6.07, 6.45) is 3.82. The van der Waals surface area contributed by atoms with E-state index in [2.05, 4.69) is 25.3 Å². The van der Waals surface area contributed by atoms with Gasteiger partial charge in [0.1, 0.15) is 0 Å². The maximum absolute atomic E-state index is 4.12. The van der Waals surface area contributed by atoms with Gasteiger partial charge in [-0.3, -0.25) is 0 Å². The van der Waals surface area contributed by atoms with Crippen LogP contribution in [-0.4, -0.2) is 0 Å². The van der Waals surface area contributed by atoms with Gasteiger partial charge in [-0.05, 0) is 13.8 Å². The second-order valence-electron chi connectivity index (χ2n) is 1.35. The smallest absolute Gasteiger partial charge is 0.0128 e. The molecule has 0 aromatic carbocycles. The van der Waals surface area contributed by atoms with E-state index >= 15 is 0 Å². The molecule has 0 nitrogen and oxygen atoms in total. The molecule has 0 atom stereocenters. The monoisotopic (exact) mass is 146 g/mol. The van der Waals surface area contributed by atoms with Crippen molar-refractivity contribution in [3.63, 3.8) is 0 Å². The van der Waals surface area contributed by atoms with Crippen LogP contribution in [0.5, 0.6) is 0 Å². The molecular formula is C6H10S2. The Morgan fingerprint density at radius 2 is 1.25 bits per heavy atom. The minimum atomic E-state index is 0.927. The van der Waals surface area contributed by atoms with Crippen molar-refractivity contribution in [3.8, 4) is 0 Å². The van der Waals surface area contributed by atoms with Crippen molar-refractivity contribution >= 4 is 25.3 Å². The van der Waals surface area contributed by atoms with Crippen molar-refractivity contribution in [2.75, 3.05) is 0 Å². The van der Waals surface area contributed by atoms with Gasteiger partial charge in [-0.25, -0.2) is 0 Å². The summed E-state index contributed by atoms with van der Waals surface area (Å²) in [7, 11) is 0. The Morgan fingerprint density at radius 3 is 1.38 bits per heavy atom. The molecule has 0 saturated carbocycles. The van der Waals surface area contributed by atoms with Crippen LogP contribution in [0.4, 0.5) is 0 Å². The van der Waals surface area contributed by atoms with Crippen LogP contribution in [0.2, 0.25) is 0 Å². The molecule has 0 aliphatic carbocycles. The SMILES string of the molecule is C/C=C(S)\C(S)=C/C. The standard InChI is InChI=1S/C6H10S2/c1-3-5(7)6(8)4-2/h3-4,7-8H,1-2H3/b5-3+,6-4+. The number of rotatable bonds is 1. The van der Waals surface area contributed by atoms with E-state index in [-0.39, 0.29) is 0 Å². The van der Waals surface area contributed by atoms with Crippen LogP contribution in [0, 0.1) is 0 Å². The number of thiol groups is 2. The van der Waals surface area contributed by atoms with Crippen LogP contribution in [0.15, 0.2) is 22.0 Å². The molecule has 2 heteroatoms. The van der Waals surface area contributed by atoms with Crippen molar-refractivity contribution in [1.29, 1.82) is 0 Å². The van der Waals surface area contributed by atoms with E-state index in [1.165, 1.54) is 0 Å². The summed E-state index contributed by atoms with van der Waals surface area (Å²) in [6.45, 7) is 3.87. The van der Waals surface area contributed by atoms with Crippen molar-refractivity contribution in [2.24, 2.45) is 0 Å². The van der Waals surface area contributed by atoms with Crippen LogP contribution >= 0.6 is 25.3 Å². The van der Waals surface area contributed by atoms with Crippen molar-refractivity contribution in [1.82, 2.24) is 0 Å².